The van der Waals surface area contributed by atoms with Crippen molar-refractivity contribution in [3.05, 3.63) is 65.5 Å². The summed E-state index contributed by atoms with van der Waals surface area (Å²) >= 11 is 0. The third-order valence-corrected chi connectivity index (χ3v) is 2.54. The number of hydrogen-bond donors (Lipinski definition) is 0. The van der Waals surface area contributed by atoms with E-state index in [1.54, 1.807) is 12.1 Å². The number of rotatable bonds is 3. The van der Waals surface area contributed by atoms with E-state index in [0.717, 1.165) is 11.8 Å². The summed E-state index contributed by atoms with van der Waals surface area (Å²) in [6.07, 6.45) is 0.837. The highest BCUT2D eigenvalue weighted by Gasteiger charge is 1.87. The van der Waals surface area contributed by atoms with Crippen molar-refractivity contribution in [1.29, 1.82) is 0 Å². The molecule has 0 spiro atoms. The molecule has 16 heavy (non-hydrogen) atoms. The Hall–Kier alpha value is -1.57. The van der Waals surface area contributed by atoms with Gasteiger partial charge in [-0.05, 0) is 13.0 Å². The third kappa shape index (κ3) is 2.96. The molecular formula is C14H13BF-. The molecule has 0 bridgehead atoms. The highest BCUT2D eigenvalue weighted by molar-refractivity contribution is 6.52. The Balaban J connectivity index is 1.99. The van der Waals surface area contributed by atoms with Crippen molar-refractivity contribution in [2.75, 3.05) is 0 Å². The highest BCUT2D eigenvalue weighted by Crippen LogP contribution is 2.03. The van der Waals surface area contributed by atoms with Crippen molar-refractivity contribution in [2.24, 2.45) is 0 Å². The molecule has 0 N–H and O–H groups in total. The molecule has 0 aliphatic heterocycles. The molecule has 0 fully saturated rings. The fraction of sp³-hybridized carbons (Fsp3) is 0.143. The van der Waals surface area contributed by atoms with Crippen LogP contribution in [0.15, 0.2) is 48.5 Å². The summed E-state index contributed by atoms with van der Waals surface area (Å²) in [7, 11) is 2.04. The molecule has 80 valence electrons. The van der Waals surface area contributed by atoms with Crippen LogP contribution in [0, 0.1) is 12.7 Å². The fourth-order valence-electron chi connectivity index (χ4n) is 1.59. The van der Waals surface area contributed by atoms with Crippen LogP contribution in [-0.4, -0.2) is 7.28 Å². The summed E-state index contributed by atoms with van der Waals surface area (Å²) in [5, 5.41) is 0. The molecular weight excluding hydrogens is 198 g/mol. The molecule has 0 saturated heterocycles. The van der Waals surface area contributed by atoms with E-state index in [1.165, 1.54) is 17.2 Å². The van der Waals surface area contributed by atoms with Crippen molar-refractivity contribution in [3.63, 3.8) is 0 Å². The lowest BCUT2D eigenvalue weighted by Crippen LogP contribution is -2.16. The van der Waals surface area contributed by atoms with Gasteiger partial charge in [0.05, 0.1) is 0 Å². The van der Waals surface area contributed by atoms with Crippen LogP contribution in [-0.2, 0) is 6.32 Å². The van der Waals surface area contributed by atoms with Gasteiger partial charge in [0.25, 0.3) is 0 Å². The molecule has 0 nitrogen and oxygen atoms in total. The molecule has 0 amide bonds. The first-order valence-corrected chi connectivity index (χ1v) is 5.38. The standard InChI is InChI=1S/C14H13BF/c1-11-5-7-12(8-6-11)10-15-13-3-2-4-14(16)9-13/h2-9H,10H2,1H3/q-1. The van der Waals surface area contributed by atoms with Gasteiger partial charge in [0.2, 0.25) is 0 Å². The van der Waals surface area contributed by atoms with Gasteiger partial charge >= 0.3 is 0 Å². The maximum absolute atomic E-state index is 12.9. The maximum Gasteiger partial charge on any atom is 0.119 e. The molecule has 0 unspecified atom stereocenters. The van der Waals surface area contributed by atoms with E-state index < -0.39 is 0 Å². The molecule has 0 aromatic heterocycles. The molecule has 0 aliphatic rings. The lowest BCUT2D eigenvalue weighted by Gasteiger charge is -2.16. The van der Waals surface area contributed by atoms with Crippen LogP contribution in [0.2, 0.25) is 0 Å². The van der Waals surface area contributed by atoms with E-state index in [1.807, 2.05) is 13.3 Å². The summed E-state index contributed by atoms with van der Waals surface area (Å²) in [6.45, 7) is 2.07. The Morgan fingerprint density at radius 3 is 2.50 bits per heavy atom. The Labute approximate surface area is 96.4 Å². The predicted octanol–water partition coefficient (Wildman–Crippen LogP) is 2.66. The van der Waals surface area contributed by atoms with Gasteiger partial charge < -0.3 is 0 Å². The van der Waals surface area contributed by atoms with E-state index in [9.17, 15) is 4.39 Å². The van der Waals surface area contributed by atoms with Crippen LogP contribution >= 0.6 is 0 Å². The summed E-state index contributed by atoms with van der Waals surface area (Å²) in [5.74, 6) is -0.183. The average Bonchev–Trinajstić information content (AvgIpc) is 2.28. The van der Waals surface area contributed by atoms with Gasteiger partial charge in [-0.25, -0.2) is 10.7 Å². The van der Waals surface area contributed by atoms with Gasteiger partial charge in [0.1, 0.15) is 5.82 Å². The highest BCUT2D eigenvalue weighted by atomic mass is 19.1. The quantitative estimate of drug-likeness (QED) is 0.684. The normalized spacial score (nSPS) is 10.4. The minimum atomic E-state index is -0.183. The molecule has 2 radical (unpaired) electrons. The van der Waals surface area contributed by atoms with Crippen LogP contribution < -0.4 is 5.46 Å². The average molecular weight is 211 g/mol. The zero-order valence-corrected chi connectivity index (χ0v) is 9.28. The number of benzene rings is 2. The Morgan fingerprint density at radius 1 is 1.06 bits per heavy atom. The van der Waals surface area contributed by atoms with Gasteiger partial charge in [-0.2, -0.15) is 0 Å². The predicted molar refractivity (Wildman–Crippen MR) is 66.7 cm³/mol. The molecule has 2 aromatic carbocycles. The third-order valence-electron chi connectivity index (χ3n) is 2.54. The van der Waals surface area contributed by atoms with Crippen LogP contribution in [0.3, 0.4) is 0 Å². The van der Waals surface area contributed by atoms with E-state index in [2.05, 4.69) is 31.2 Å². The van der Waals surface area contributed by atoms with Crippen LogP contribution in [0.5, 0.6) is 0 Å². The summed E-state index contributed by atoms with van der Waals surface area (Å²) < 4.78 is 12.9. The largest absolute Gasteiger partial charge is 0.291 e. The van der Waals surface area contributed by atoms with Gasteiger partial charge in [-0.3, -0.25) is 12.7 Å². The summed E-state index contributed by atoms with van der Waals surface area (Å²) in [5.41, 5.74) is 3.44. The molecule has 2 rings (SSSR count). The summed E-state index contributed by atoms with van der Waals surface area (Å²) in [6, 6.07) is 15.0. The Morgan fingerprint density at radius 2 is 1.81 bits per heavy atom. The zero-order chi connectivity index (χ0) is 11.4. The van der Waals surface area contributed by atoms with Crippen molar-refractivity contribution >= 4 is 12.7 Å². The second-order valence-corrected chi connectivity index (χ2v) is 3.95. The molecule has 0 atom stereocenters. The van der Waals surface area contributed by atoms with Crippen molar-refractivity contribution in [1.82, 2.24) is 0 Å². The van der Waals surface area contributed by atoms with E-state index in [0.29, 0.717) is 0 Å². The minimum Gasteiger partial charge on any atom is -0.291 e. The molecule has 0 aliphatic carbocycles. The van der Waals surface area contributed by atoms with Crippen molar-refractivity contribution in [2.45, 2.75) is 13.2 Å². The van der Waals surface area contributed by atoms with Gasteiger partial charge in [0, 0.05) is 0 Å². The second-order valence-electron chi connectivity index (χ2n) is 3.95. The van der Waals surface area contributed by atoms with Crippen LogP contribution in [0.1, 0.15) is 11.1 Å². The van der Waals surface area contributed by atoms with E-state index >= 15 is 0 Å². The van der Waals surface area contributed by atoms with E-state index in [-0.39, 0.29) is 5.82 Å². The molecule has 0 heterocycles. The van der Waals surface area contributed by atoms with Crippen LogP contribution in [0.4, 0.5) is 4.39 Å². The summed E-state index contributed by atoms with van der Waals surface area (Å²) in [4.78, 5) is 0. The zero-order valence-electron chi connectivity index (χ0n) is 9.28. The lowest BCUT2D eigenvalue weighted by molar-refractivity contribution is 0.629. The topological polar surface area (TPSA) is 0 Å². The van der Waals surface area contributed by atoms with E-state index in [4.69, 9.17) is 0 Å². The SMILES string of the molecule is Cc1ccc(C[B-]c2cccc(F)c2)cc1. The first-order chi connectivity index (χ1) is 7.74. The van der Waals surface area contributed by atoms with Gasteiger partial charge in [-0.15, -0.1) is 6.07 Å². The Bertz CT molecular complexity index is 462. The fourth-order valence-corrected chi connectivity index (χ4v) is 1.59. The van der Waals surface area contributed by atoms with Gasteiger partial charge in [0.15, 0.2) is 0 Å². The maximum atomic E-state index is 12.9. The first-order valence-electron chi connectivity index (χ1n) is 5.38. The first kappa shape index (κ1) is 10.9. The van der Waals surface area contributed by atoms with Crippen LogP contribution in [0.25, 0.3) is 0 Å². The Kier molecular flexibility index (Phi) is 3.40. The number of hydrogen-bond acceptors (Lipinski definition) is 0. The monoisotopic (exact) mass is 211 g/mol. The smallest absolute Gasteiger partial charge is 0.119 e. The van der Waals surface area contributed by atoms with Crippen molar-refractivity contribution < 1.29 is 4.39 Å². The molecule has 2 heteroatoms. The number of halogens is 1. The molecule has 2 aromatic rings. The molecule has 0 saturated carbocycles. The minimum absolute atomic E-state index is 0.183. The van der Waals surface area contributed by atoms with Gasteiger partial charge in [-0.1, -0.05) is 47.5 Å². The van der Waals surface area contributed by atoms with Crippen molar-refractivity contribution in [3.8, 4) is 0 Å². The second kappa shape index (κ2) is 4.97. The number of aryl methyl sites for hydroxylation is 1. The lowest BCUT2D eigenvalue weighted by atomic mass is 9.65.